The number of allylic oxidation sites excluding steroid dienone is 1. The van der Waals surface area contributed by atoms with E-state index < -0.39 is 0 Å². The molecule has 0 unspecified atom stereocenters. The lowest BCUT2D eigenvalue weighted by atomic mass is 9.95. The van der Waals surface area contributed by atoms with Gasteiger partial charge in [-0.15, -0.1) is 0 Å². The maximum atomic E-state index is 13.4. The SMILES string of the molecule is COc1ccc(COC(=O)C2=C(C)Nc3nc4ccccc4n3[C@H]2c2ccc(Br)cc2)cc1. The van der Waals surface area contributed by atoms with Crippen molar-refractivity contribution in [2.24, 2.45) is 0 Å². The van der Waals surface area contributed by atoms with Crippen molar-refractivity contribution in [3.8, 4) is 5.75 Å². The summed E-state index contributed by atoms with van der Waals surface area (Å²) in [5, 5.41) is 3.31. The van der Waals surface area contributed by atoms with Crippen molar-refractivity contribution in [2.45, 2.75) is 19.6 Å². The molecular weight excluding hydrogens is 482 g/mol. The number of para-hydroxylation sites is 2. The number of ether oxygens (including phenoxy) is 2. The molecule has 1 atom stereocenters. The molecule has 3 aromatic carbocycles. The largest absolute Gasteiger partial charge is 0.497 e. The highest BCUT2D eigenvalue weighted by Crippen LogP contribution is 2.39. The summed E-state index contributed by atoms with van der Waals surface area (Å²) >= 11 is 3.51. The maximum Gasteiger partial charge on any atom is 0.338 e. The van der Waals surface area contributed by atoms with Crippen LogP contribution in [0.5, 0.6) is 5.75 Å². The first-order chi connectivity index (χ1) is 16.0. The summed E-state index contributed by atoms with van der Waals surface area (Å²) in [6.45, 7) is 2.06. The number of benzene rings is 3. The number of halogens is 1. The molecule has 1 aliphatic rings. The van der Waals surface area contributed by atoms with Crippen LogP contribution in [0.3, 0.4) is 0 Å². The molecule has 0 radical (unpaired) electrons. The van der Waals surface area contributed by atoms with Crippen LogP contribution < -0.4 is 10.1 Å². The first-order valence-electron chi connectivity index (χ1n) is 10.6. The van der Waals surface area contributed by atoms with Gasteiger partial charge in [-0.2, -0.15) is 0 Å². The molecule has 6 nitrogen and oxygen atoms in total. The molecule has 7 heteroatoms. The van der Waals surface area contributed by atoms with Crippen molar-refractivity contribution in [3.63, 3.8) is 0 Å². The van der Waals surface area contributed by atoms with Gasteiger partial charge in [0.05, 0.1) is 29.8 Å². The van der Waals surface area contributed by atoms with Gasteiger partial charge in [0.2, 0.25) is 5.95 Å². The average Bonchev–Trinajstić information content (AvgIpc) is 3.20. The second-order valence-electron chi connectivity index (χ2n) is 7.84. The minimum Gasteiger partial charge on any atom is -0.497 e. The first-order valence-corrected chi connectivity index (χ1v) is 11.3. The number of aromatic nitrogens is 2. The number of nitrogens with one attached hydrogen (secondary N) is 1. The summed E-state index contributed by atoms with van der Waals surface area (Å²) in [7, 11) is 1.62. The molecule has 0 bridgehead atoms. The van der Waals surface area contributed by atoms with E-state index in [0.29, 0.717) is 11.5 Å². The number of hydrogen-bond donors (Lipinski definition) is 1. The van der Waals surface area contributed by atoms with E-state index in [1.165, 1.54) is 0 Å². The van der Waals surface area contributed by atoms with Crippen LogP contribution in [-0.4, -0.2) is 22.6 Å². The van der Waals surface area contributed by atoms with Crippen LogP contribution in [0.1, 0.15) is 24.1 Å². The number of carbonyl (C=O) groups is 1. The molecule has 1 aliphatic heterocycles. The van der Waals surface area contributed by atoms with E-state index in [1.807, 2.05) is 79.7 Å². The average molecular weight is 504 g/mol. The molecule has 0 fully saturated rings. The smallest absolute Gasteiger partial charge is 0.338 e. The number of fused-ring (bicyclic) bond motifs is 3. The van der Waals surface area contributed by atoms with Crippen molar-refractivity contribution in [2.75, 3.05) is 12.4 Å². The van der Waals surface area contributed by atoms with Crippen LogP contribution in [-0.2, 0) is 16.1 Å². The lowest BCUT2D eigenvalue weighted by Gasteiger charge is -2.30. The van der Waals surface area contributed by atoms with Gasteiger partial charge in [0.15, 0.2) is 0 Å². The Morgan fingerprint density at radius 3 is 2.52 bits per heavy atom. The van der Waals surface area contributed by atoms with Gasteiger partial charge in [0.1, 0.15) is 12.4 Å². The van der Waals surface area contributed by atoms with E-state index >= 15 is 0 Å². The molecule has 1 aromatic heterocycles. The van der Waals surface area contributed by atoms with E-state index in [4.69, 9.17) is 14.5 Å². The molecule has 4 aromatic rings. The van der Waals surface area contributed by atoms with Crippen LogP contribution in [0, 0.1) is 0 Å². The van der Waals surface area contributed by atoms with Crippen LogP contribution >= 0.6 is 15.9 Å². The molecule has 0 saturated heterocycles. The molecule has 33 heavy (non-hydrogen) atoms. The highest BCUT2D eigenvalue weighted by Gasteiger charge is 2.35. The fraction of sp³-hybridized carbons (Fsp3) is 0.154. The second kappa shape index (κ2) is 8.75. The quantitative estimate of drug-likeness (QED) is 0.346. The van der Waals surface area contributed by atoms with Gasteiger partial charge in [0, 0.05) is 10.2 Å². The standard InChI is InChI=1S/C26H22BrN3O3/c1-16-23(25(31)33-15-17-7-13-20(32-2)14-8-17)24(18-9-11-19(27)12-10-18)30-22-6-4-3-5-21(22)29-26(30)28-16/h3-14,24H,15H2,1-2H3,(H,28,29)/t24-/m0/s1. The van der Waals surface area contributed by atoms with Crippen LogP contribution in [0.25, 0.3) is 11.0 Å². The molecule has 0 aliphatic carbocycles. The number of anilines is 1. The highest BCUT2D eigenvalue weighted by molar-refractivity contribution is 9.10. The van der Waals surface area contributed by atoms with E-state index in [-0.39, 0.29) is 18.6 Å². The second-order valence-corrected chi connectivity index (χ2v) is 8.75. The van der Waals surface area contributed by atoms with Crippen LogP contribution in [0.2, 0.25) is 0 Å². The van der Waals surface area contributed by atoms with Gasteiger partial charge in [-0.25, -0.2) is 9.78 Å². The minimum absolute atomic E-state index is 0.171. The highest BCUT2D eigenvalue weighted by atomic mass is 79.9. The summed E-state index contributed by atoms with van der Waals surface area (Å²) in [5.41, 5.74) is 4.95. The van der Waals surface area contributed by atoms with Crippen molar-refractivity contribution in [1.82, 2.24) is 9.55 Å². The number of rotatable bonds is 5. The molecular formula is C26H22BrN3O3. The van der Waals surface area contributed by atoms with E-state index in [1.54, 1.807) is 7.11 Å². The fourth-order valence-corrected chi connectivity index (χ4v) is 4.40. The number of carbonyl (C=O) groups excluding carboxylic acids is 1. The maximum absolute atomic E-state index is 13.4. The number of methoxy groups -OCH3 is 1. The lowest BCUT2D eigenvalue weighted by molar-refractivity contribution is -0.140. The summed E-state index contributed by atoms with van der Waals surface area (Å²) in [6, 6.07) is 23.0. The van der Waals surface area contributed by atoms with Crippen molar-refractivity contribution >= 4 is 38.9 Å². The Morgan fingerprint density at radius 1 is 1.06 bits per heavy atom. The Morgan fingerprint density at radius 2 is 1.79 bits per heavy atom. The predicted octanol–water partition coefficient (Wildman–Crippen LogP) is 5.84. The van der Waals surface area contributed by atoms with E-state index in [0.717, 1.165) is 38.1 Å². The third-order valence-electron chi connectivity index (χ3n) is 5.77. The number of nitrogens with zero attached hydrogens (tertiary/aromatic N) is 2. The van der Waals surface area contributed by atoms with E-state index in [9.17, 15) is 4.79 Å². The van der Waals surface area contributed by atoms with Gasteiger partial charge in [0.25, 0.3) is 0 Å². The number of imidazole rings is 1. The zero-order valence-electron chi connectivity index (χ0n) is 18.2. The third-order valence-corrected chi connectivity index (χ3v) is 6.29. The van der Waals surface area contributed by atoms with Crippen LogP contribution in [0.15, 0.2) is 88.5 Å². The summed E-state index contributed by atoms with van der Waals surface area (Å²) in [6.07, 6.45) is 0. The topological polar surface area (TPSA) is 65.4 Å². The molecule has 0 amide bonds. The third kappa shape index (κ3) is 4.00. The Balaban J connectivity index is 1.53. The molecule has 166 valence electrons. The monoisotopic (exact) mass is 503 g/mol. The van der Waals surface area contributed by atoms with Gasteiger partial charge in [-0.3, -0.25) is 4.57 Å². The minimum atomic E-state index is -0.370. The van der Waals surface area contributed by atoms with Gasteiger partial charge in [-0.1, -0.05) is 52.3 Å². The van der Waals surface area contributed by atoms with E-state index in [2.05, 4.69) is 25.8 Å². The van der Waals surface area contributed by atoms with Crippen molar-refractivity contribution in [1.29, 1.82) is 0 Å². The van der Waals surface area contributed by atoms with Crippen molar-refractivity contribution in [3.05, 3.63) is 99.7 Å². The van der Waals surface area contributed by atoms with Crippen LogP contribution in [0.4, 0.5) is 5.95 Å². The zero-order valence-corrected chi connectivity index (χ0v) is 19.8. The summed E-state index contributed by atoms with van der Waals surface area (Å²) < 4.78 is 14.0. The summed E-state index contributed by atoms with van der Waals surface area (Å²) in [5.74, 6) is 1.09. The summed E-state index contributed by atoms with van der Waals surface area (Å²) in [4.78, 5) is 18.2. The molecule has 0 spiro atoms. The van der Waals surface area contributed by atoms with Gasteiger partial charge >= 0.3 is 5.97 Å². The molecule has 5 rings (SSSR count). The van der Waals surface area contributed by atoms with Gasteiger partial charge < -0.3 is 14.8 Å². The Hall–Kier alpha value is -3.58. The first kappa shape index (κ1) is 21.3. The fourth-order valence-electron chi connectivity index (χ4n) is 4.14. The zero-order chi connectivity index (χ0) is 22.9. The molecule has 2 heterocycles. The normalized spacial score (nSPS) is 15.2. The lowest BCUT2D eigenvalue weighted by Crippen LogP contribution is -2.28. The Labute approximate surface area is 200 Å². The van der Waals surface area contributed by atoms with Crippen molar-refractivity contribution < 1.29 is 14.3 Å². The number of esters is 1. The Bertz CT molecular complexity index is 1360. The van der Waals surface area contributed by atoms with Gasteiger partial charge in [-0.05, 0) is 54.4 Å². The Kier molecular flexibility index (Phi) is 5.64. The molecule has 0 saturated carbocycles. The predicted molar refractivity (Wildman–Crippen MR) is 131 cm³/mol. The number of hydrogen-bond acceptors (Lipinski definition) is 5. The molecule has 1 N–H and O–H groups in total.